The first-order valence-electron chi connectivity index (χ1n) is 5.69. The van der Waals surface area contributed by atoms with Gasteiger partial charge in [0.15, 0.2) is 9.84 Å². The van der Waals surface area contributed by atoms with Gasteiger partial charge in [-0.15, -0.1) is 0 Å². The fourth-order valence-electron chi connectivity index (χ4n) is 1.27. The summed E-state index contributed by atoms with van der Waals surface area (Å²) < 4.78 is 32.7. The third kappa shape index (κ3) is 5.56. The van der Waals surface area contributed by atoms with E-state index >= 15 is 0 Å². The van der Waals surface area contributed by atoms with Gasteiger partial charge in [-0.1, -0.05) is 6.07 Å². The molecule has 0 aliphatic carbocycles. The molecule has 0 heterocycles. The summed E-state index contributed by atoms with van der Waals surface area (Å²) in [6, 6.07) is 6.18. The van der Waals surface area contributed by atoms with Crippen molar-refractivity contribution < 1.29 is 22.7 Å². The lowest BCUT2D eigenvalue weighted by atomic mass is 10.3. The maximum absolute atomic E-state index is 11.3. The Morgan fingerprint density at radius 1 is 1.37 bits per heavy atom. The van der Waals surface area contributed by atoms with E-state index in [9.17, 15) is 13.2 Å². The van der Waals surface area contributed by atoms with Gasteiger partial charge in [0.2, 0.25) is 0 Å². The summed E-state index contributed by atoms with van der Waals surface area (Å²) >= 11 is 0. The first-order valence-corrected chi connectivity index (χ1v) is 7.59. The van der Waals surface area contributed by atoms with Crippen LogP contribution in [0.3, 0.4) is 0 Å². The Morgan fingerprint density at radius 3 is 2.74 bits per heavy atom. The molecule has 0 saturated carbocycles. The number of esters is 1. The van der Waals surface area contributed by atoms with Gasteiger partial charge in [0.1, 0.15) is 12.4 Å². The number of ether oxygens (including phenoxy) is 2. The van der Waals surface area contributed by atoms with Crippen molar-refractivity contribution in [3.63, 3.8) is 0 Å². The molecule has 0 unspecified atom stereocenters. The molecule has 1 aromatic rings. The second-order valence-corrected chi connectivity index (χ2v) is 5.73. The molecular formula is C13H16O5S. The van der Waals surface area contributed by atoms with Crippen molar-refractivity contribution in [2.45, 2.75) is 11.8 Å². The number of benzene rings is 1. The number of hydrogen-bond acceptors (Lipinski definition) is 5. The summed E-state index contributed by atoms with van der Waals surface area (Å²) in [5.74, 6) is -0.00702. The van der Waals surface area contributed by atoms with Crippen LogP contribution in [0.25, 0.3) is 0 Å². The van der Waals surface area contributed by atoms with E-state index in [2.05, 4.69) is 0 Å². The Kier molecular flexibility index (Phi) is 5.57. The average molecular weight is 284 g/mol. The molecule has 0 aliphatic heterocycles. The van der Waals surface area contributed by atoms with Crippen molar-refractivity contribution in [3.8, 4) is 5.75 Å². The monoisotopic (exact) mass is 284 g/mol. The molecule has 0 saturated heterocycles. The Morgan fingerprint density at radius 2 is 2.11 bits per heavy atom. The van der Waals surface area contributed by atoms with Crippen LogP contribution in [0.5, 0.6) is 5.75 Å². The van der Waals surface area contributed by atoms with E-state index < -0.39 is 15.8 Å². The van der Waals surface area contributed by atoms with Gasteiger partial charge in [-0.25, -0.2) is 13.2 Å². The Balaban J connectivity index is 2.57. The van der Waals surface area contributed by atoms with E-state index in [0.717, 1.165) is 6.26 Å². The highest BCUT2D eigenvalue weighted by Crippen LogP contribution is 2.17. The quantitative estimate of drug-likeness (QED) is 0.586. The highest BCUT2D eigenvalue weighted by molar-refractivity contribution is 7.90. The average Bonchev–Trinajstić information content (AvgIpc) is 2.34. The van der Waals surface area contributed by atoms with E-state index in [1.165, 1.54) is 24.3 Å². The maximum Gasteiger partial charge on any atom is 0.330 e. The smallest absolute Gasteiger partial charge is 0.330 e. The molecule has 0 aliphatic rings. The van der Waals surface area contributed by atoms with E-state index in [1.807, 2.05) is 0 Å². The minimum absolute atomic E-state index is 0.159. The Bertz CT molecular complexity index is 560. The summed E-state index contributed by atoms with van der Waals surface area (Å²) in [4.78, 5) is 11.2. The van der Waals surface area contributed by atoms with Gasteiger partial charge < -0.3 is 9.47 Å². The molecule has 6 heteroatoms. The van der Waals surface area contributed by atoms with Crippen LogP contribution in [0.15, 0.2) is 41.3 Å². The summed E-state index contributed by atoms with van der Waals surface area (Å²) in [6.07, 6.45) is 3.90. The highest BCUT2D eigenvalue weighted by atomic mass is 32.2. The first-order chi connectivity index (χ1) is 8.93. The van der Waals surface area contributed by atoms with Gasteiger partial charge >= 0.3 is 5.97 Å². The highest BCUT2D eigenvalue weighted by Gasteiger charge is 2.07. The van der Waals surface area contributed by atoms with Gasteiger partial charge in [0.05, 0.1) is 11.5 Å². The van der Waals surface area contributed by atoms with Gasteiger partial charge in [0.25, 0.3) is 0 Å². The SMILES string of the molecule is CCOC(=O)/C=C/COc1cccc(S(C)(=O)=O)c1. The molecule has 0 N–H and O–H groups in total. The van der Waals surface area contributed by atoms with E-state index in [-0.39, 0.29) is 11.5 Å². The lowest BCUT2D eigenvalue weighted by molar-refractivity contribution is -0.137. The van der Waals surface area contributed by atoms with Crippen LogP contribution >= 0.6 is 0 Å². The van der Waals surface area contributed by atoms with Gasteiger partial charge in [-0.3, -0.25) is 0 Å². The molecule has 0 amide bonds. The van der Waals surface area contributed by atoms with Crippen molar-refractivity contribution in [2.75, 3.05) is 19.5 Å². The summed E-state index contributed by atoms with van der Waals surface area (Å²) in [7, 11) is -3.25. The minimum atomic E-state index is -3.25. The minimum Gasteiger partial charge on any atom is -0.489 e. The molecule has 0 aromatic heterocycles. The zero-order valence-corrected chi connectivity index (χ0v) is 11.6. The van der Waals surface area contributed by atoms with Crippen LogP contribution in [-0.2, 0) is 19.4 Å². The van der Waals surface area contributed by atoms with Crippen molar-refractivity contribution in [1.82, 2.24) is 0 Å². The van der Waals surface area contributed by atoms with E-state index in [1.54, 1.807) is 19.1 Å². The lowest BCUT2D eigenvalue weighted by Gasteiger charge is -2.04. The zero-order valence-electron chi connectivity index (χ0n) is 10.8. The van der Waals surface area contributed by atoms with Crippen LogP contribution in [0.1, 0.15) is 6.92 Å². The summed E-state index contributed by atoms with van der Waals surface area (Å²) in [5, 5.41) is 0. The molecule has 0 bridgehead atoms. The van der Waals surface area contributed by atoms with Gasteiger partial charge in [0, 0.05) is 12.3 Å². The first kappa shape index (κ1) is 15.2. The molecule has 1 aromatic carbocycles. The van der Waals surface area contributed by atoms with Crippen molar-refractivity contribution in [1.29, 1.82) is 0 Å². The molecule has 1 rings (SSSR count). The van der Waals surface area contributed by atoms with Crippen LogP contribution < -0.4 is 4.74 Å². The summed E-state index contributed by atoms with van der Waals surface area (Å²) in [6.45, 7) is 2.20. The second-order valence-electron chi connectivity index (χ2n) is 3.71. The number of hydrogen-bond donors (Lipinski definition) is 0. The standard InChI is InChI=1S/C13H16O5S/c1-3-17-13(14)8-5-9-18-11-6-4-7-12(10-11)19(2,15)16/h4-8,10H,3,9H2,1-2H3/b8-5+. The van der Waals surface area contributed by atoms with Gasteiger partial charge in [-0.2, -0.15) is 0 Å². The van der Waals surface area contributed by atoms with E-state index in [0.29, 0.717) is 12.4 Å². The fourth-order valence-corrected chi connectivity index (χ4v) is 1.93. The number of carbonyl (C=O) groups excluding carboxylic acids is 1. The number of sulfone groups is 1. The van der Waals surface area contributed by atoms with Crippen LogP contribution in [-0.4, -0.2) is 33.9 Å². The van der Waals surface area contributed by atoms with Crippen molar-refractivity contribution in [3.05, 3.63) is 36.4 Å². The maximum atomic E-state index is 11.3. The zero-order chi connectivity index (χ0) is 14.3. The molecule has 19 heavy (non-hydrogen) atoms. The Labute approximate surface area is 112 Å². The van der Waals surface area contributed by atoms with Crippen molar-refractivity contribution >= 4 is 15.8 Å². The third-order valence-electron chi connectivity index (χ3n) is 2.12. The number of carbonyl (C=O) groups is 1. The molecule has 5 nitrogen and oxygen atoms in total. The second kappa shape index (κ2) is 6.94. The normalized spacial score (nSPS) is 11.5. The fraction of sp³-hybridized carbons (Fsp3) is 0.308. The van der Waals surface area contributed by atoms with Crippen LogP contribution in [0.4, 0.5) is 0 Å². The molecule has 104 valence electrons. The lowest BCUT2D eigenvalue weighted by Crippen LogP contribution is -2.01. The third-order valence-corrected chi connectivity index (χ3v) is 3.23. The molecule has 0 atom stereocenters. The largest absolute Gasteiger partial charge is 0.489 e. The molecule has 0 radical (unpaired) electrons. The predicted molar refractivity (Wildman–Crippen MR) is 70.8 cm³/mol. The number of rotatable bonds is 6. The van der Waals surface area contributed by atoms with E-state index in [4.69, 9.17) is 9.47 Å². The predicted octanol–water partition coefficient (Wildman–Crippen LogP) is 1.59. The molecule has 0 fully saturated rings. The molecular weight excluding hydrogens is 268 g/mol. The van der Waals surface area contributed by atoms with Gasteiger partial charge in [-0.05, 0) is 31.2 Å². The van der Waals surface area contributed by atoms with Crippen LogP contribution in [0, 0.1) is 0 Å². The molecule has 0 spiro atoms. The topological polar surface area (TPSA) is 69.7 Å². The summed E-state index contributed by atoms with van der Waals surface area (Å²) in [5.41, 5.74) is 0. The van der Waals surface area contributed by atoms with Crippen molar-refractivity contribution in [2.24, 2.45) is 0 Å². The van der Waals surface area contributed by atoms with Crippen LogP contribution in [0.2, 0.25) is 0 Å². The Hall–Kier alpha value is -1.82.